The van der Waals surface area contributed by atoms with Crippen LogP contribution in [0.4, 0.5) is 23.0 Å². The second-order valence-electron chi connectivity index (χ2n) is 10.1. The first kappa shape index (κ1) is 26.8. The number of hydrogen-bond acceptors (Lipinski definition) is 8. The van der Waals surface area contributed by atoms with E-state index < -0.39 is 10.0 Å². The van der Waals surface area contributed by atoms with Crippen molar-refractivity contribution in [1.82, 2.24) is 19.5 Å². The predicted molar refractivity (Wildman–Crippen MR) is 157 cm³/mol. The van der Waals surface area contributed by atoms with Crippen LogP contribution in [0.3, 0.4) is 0 Å². The van der Waals surface area contributed by atoms with Crippen LogP contribution in [0, 0.1) is 0 Å². The summed E-state index contributed by atoms with van der Waals surface area (Å²) < 4.78 is 33.3. The summed E-state index contributed by atoms with van der Waals surface area (Å²) in [6.45, 7) is 2.01. The molecule has 0 unspecified atom stereocenters. The molecule has 4 aromatic rings. The summed E-state index contributed by atoms with van der Waals surface area (Å²) in [5.74, 6) is 1.10. The number of anilines is 4. The van der Waals surface area contributed by atoms with Crippen LogP contribution < -0.4 is 19.3 Å². The zero-order valence-corrected chi connectivity index (χ0v) is 23.8. The van der Waals surface area contributed by atoms with Gasteiger partial charge in [0, 0.05) is 43.5 Å². The summed E-state index contributed by atoms with van der Waals surface area (Å²) in [5, 5.41) is 8.04. The summed E-state index contributed by atoms with van der Waals surface area (Å²) in [6, 6.07) is 17.9. The molecule has 1 N–H and O–H groups in total. The second-order valence-corrected chi connectivity index (χ2v) is 12.1. The number of ether oxygens (including phenoxy) is 1. The van der Waals surface area contributed by atoms with E-state index in [-0.39, 0.29) is 0 Å². The summed E-state index contributed by atoms with van der Waals surface area (Å²) in [7, 11) is 4.06. The summed E-state index contributed by atoms with van der Waals surface area (Å²) in [5.41, 5.74) is 4.75. The van der Waals surface area contributed by atoms with Gasteiger partial charge in [-0.3, -0.25) is 4.31 Å². The fourth-order valence-corrected chi connectivity index (χ4v) is 5.56. The molecule has 0 saturated carbocycles. The van der Waals surface area contributed by atoms with E-state index in [1.807, 2.05) is 36.4 Å². The number of rotatable bonds is 8. The number of methoxy groups -OCH3 is 1. The third-order valence-electron chi connectivity index (χ3n) is 7.41. The number of sulfonamides is 1. The molecule has 1 saturated heterocycles. The third-order valence-corrected chi connectivity index (χ3v) is 8.60. The zero-order valence-electron chi connectivity index (χ0n) is 23.0. The number of nitrogens with one attached hydrogen (secondary N) is 1. The maximum absolute atomic E-state index is 12.3. The molecule has 1 aliphatic rings. The number of fused-ring (bicyclic) bond motifs is 1. The summed E-state index contributed by atoms with van der Waals surface area (Å²) >= 11 is 0. The Hall–Kier alpha value is -3.83. The molecule has 2 aromatic carbocycles. The van der Waals surface area contributed by atoms with Crippen molar-refractivity contribution in [2.75, 3.05) is 62.1 Å². The second kappa shape index (κ2) is 10.7. The molecule has 11 heteroatoms. The van der Waals surface area contributed by atoms with Crippen LogP contribution in [0.15, 0.2) is 60.8 Å². The molecule has 1 fully saturated rings. The van der Waals surface area contributed by atoms with Gasteiger partial charge >= 0.3 is 0 Å². The quantitative estimate of drug-likeness (QED) is 0.352. The summed E-state index contributed by atoms with van der Waals surface area (Å²) in [4.78, 5) is 9.20. The van der Waals surface area contributed by atoms with Crippen molar-refractivity contribution >= 4 is 38.6 Å². The Morgan fingerprint density at radius 3 is 2.46 bits per heavy atom. The van der Waals surface area contributed by atoms with Gasteiger partial charge in [0.15, 0.2) is 0 Å². The number of piperidine rings is 1. The minimum Gasteiger partial charge on any atom is -0.494 e. The van der Waals surface area contributed by atoms with E-state index in [9.17, 15) is 8.42 Å². The normalized spacial score (nSPS) is 14.7. The molecule has 0 atom stereocenters. The number of para-hydroxylation sites is 1. The smallest absolute Gasteiger partial charge is 0.245 e. The van der Waals surface area contributed by atoms with E-state index in [4.69, 9.17) is 9.84 Å². The zero-order chi connectivity index (χ0) is 27.7. The maximum atomic E-state index is 12.3. The highest BCUT2D eigenvalue weighted by Crippen LogP contribution is 2.34. The average molecular weight is 550 g/mol. The van der Waals surface area contributed by atoms with Gasteiger partial charge in [-0.05, 0) is 57.3 Å². The number of hydrogen-bond donors (Lipinski definition) is 1. The van der Waals surface area contributed by atoms with Gasteiger partial charge in [0.2, 0.25) is 16.0 Å². The van der Waals surface area contributed by atoms with Gasteiger partial charge in [0.25, 0.3) is 0 Å². The van der Waals surface area contributed by atoms with Crippen molar-refractivity contribution in [3.05, 3.63) is 60.8 Å². The minimum absolute atomic E-state index is 0.395. The lowest BCUT2D eigenvalue weighted by Gasteiger charge is -2.36. The first-order valence-electron chi connectivity index (χ1n) is 12.9. The standard InChI is InChI=1S/C28H35N7O3S/c1-32(2)20-14-16-34(17-15-20)21-10-12-24(27(18-21)38-4)30-28-29-19-22-11-13-26(35(22)31-28)23-8-6-7-9-25(23)33(3)39(5,36)37/h6-13,18-20H,14-17H2,1-5H3,(H,30,31). The highest BCUT2D eigenvalue weighted by Gasteiger charge is 2.22. The van der Waals surface area contributed by atoms with Gasteiger partial charge in [-0.2, -0.15) is 0 Å². The van der Waals surface area contributed by atoms with Gasteiger partial charge in [0.05, 0.1) is 42.1 Å². The number of aromatic nitrogens is 3. The Morgan fingerprint density at radius 2 is 1.77 bits per heavy atom. The molecule has 206 valence electrons. The number of nitrogens with zero attached hydrogens (tertiary/aromatic N) is 6. The molecular formula is C28H35N7O3S. The van der Waals surface area contributed by atoms with Crippen LogP contribution >= 0.6 is 0 Å². The monoisotopic (exact) mass is 549 g/mol. The molecule has 0 spiro atoms. The van der Waals surface area contributed by atoms with Crippen LogP contribution in [-0.2, 0) is 10.0 Å². The Morgan fingerprint density at radius 1 is 1.03 bits per heavy atom. The van der Waals surface area contributed by atoms with Gasteiger partial charge in [-0.15, -0.1) is 5.10 Å². The lowest BCUT2D eigenvalue weighted by Crippen LogP contribution is -2.41. The van der Waals surface area contributed by atoms with E-state index in [2.05, 4.69) is 46.3 Å². The largest absolute Gasteiger partial charge is 0.494 e. The summed E-state index contributed by atoms with van der Waals surface area (Å²) in [6.07, 6.45) is 5.18. The van der Waals surface area contributed by atoms with Crippen molar-refractivity contribution in [2.24, 2.45) is 0 Å². The Kier molecular flexibility index (Phi) is 7.37. The molecule has 1 aliphatic heterocycles. The SMILES string of the molecule is COc1cc(N2CCC(N(C)C)CC2)ccc1Nc1ncc2ccc(-c3ccccc3N(C)S(C)(=O)=O)n2n1. The molecule has 39 heavy (non-hydrogen) atoms. The van der Waals surface area contributed by atoms with Crippen LogP contribution in [0.2, 0.25) is 0 Å². The highest BCUT2D eigenvalue weighted by molar-refractivity contribution is 7.92. The van der Waals surface area contributed by atoms with Crippen LogP contribution in [0.25, 0.3) is 16.8 Å². The van der Waals surface area contributed by atoms with Gasteiger partial charge in [0.1, 0.15) is 5.75 Å². The first-order chi connectivity index (χ1) is 18.7. The molecule has 3 heterocycles. The lowest BCUT2D eigenvalue weighted by molar-refractivity contribution is 0.249. The molecule has 0 aliphatic carbocycles. The van der Waals surface area contributed by atoms with Crippen molar-refractivity contribution in [3.63, 3.8) is 0 Å². The number of benzene rings is 2. The average Bonchev–Trinajstić information content (AvgIpc) is 3.35. The van der Waals surface area contributed by atoms with Crippen LogP contribution in [0.5, 0.6) is 5.75 Å². The fourth-order valence-electron chi connectivity index (χ4n) is 5.05. The topological polar surface area (TPSA) is 95.3 Å². The molecule has 0 amide bonds. The maximum Gasteiger partial charge on any atom is 0.245 e. The predicted octanol–water partition coefficient (Wildman–Crippen LogP) is 4.07. The van der Waals surface area contributed by atoms with Gasteiger partial charge in [-0.1, -0.05) is 18.2 Å². The van der Waals surface area contributed by atoms with Gasteiger partial charge in [-0.25, -0.2) is 17.9 Å². The Balaban J connectivity index is 1.43. The first-order valence-corrected chi connectivity index (χ1v) is 14.7. The molecular weight excluding hydrogens is 514 g/mol. The Bertz CT molecular complexity index is 1580. The highest BCUT2D eigenvalue weighted by atomic mass is 32.2. The van der Waals surface area contributed by atoms with E-state index in [1.165, 1.54) is 10.6 Å². The van der Waals surface area contributed by atoms with Crippen LogP contribution in [-0.4, -0.2) is 81.6 Å². The van der Waals surface area contributed by atoms with E-state index >= 15 is 0 Å². The minimum atomic E-state index is -3.44. The van der Waals surface area contributed by atoms with E-state index in [0.29, 0.717) is 23.4 Å². The van der Waals surface area contributed by atoms with Crippen molar-refractivity contribution < 1.29 is 13.2 Å². The van der Waals surface area contributed by atoms with Crippen molar-refractivity contribution in [3.8, 4) is 17.0 Å². The van der Waals surface area contributed by atoms with E-state index in [1.54, 1.807) is 30.9 Å². The third kappa shape index (κ3) is 5.50. The fraction of sp³-hybridized carbons (Fsp3) is 0.357. The van der Waals surface area contributed by atoms with Crippen molar-refractivity contribution in [2.45, 2.75) is 18.9 Å². The van der Waals surface area contributed by atoms with Gasteiger partial charge < -0.3 is 19.9 Å². The van der Waals surface area contributed by atoms with E-state index in [0.717, 1.165) is 54.1 Å². The van der Waals surface area contributed by atoms with Crippen molar-refractivity contribution in [1.29, 1.82) is 0 Å². The van der Waals surface area contributed by atoms with Crippen LogP contribution in [0.1, 0.15) is 12.8 Å². The molecule has 0 bridgehead atoms. The molecule has 10 nitrogen and oxygen atoms in total. The molecule has 0 radical (unpaired) electrons. The molecule has 2 aromatic heterocycles. The lowest BCUT2D eigenvalue weighted by atomic mass is 10.0. The Labute approximate surface area is 229 Å². The molecule has 5 rings (SSSR count).